The summed E-state index contributed by atoms with van der Waals surface area (Å²) in [6.45, 7) is 0.231. The van der Waals surface area contributed by atoms with Crippen molar-refractivity contribution in [3.8, 4) is 11.8 Å². The summed E-state index contributed by atoms with van der Waals surface area (Å²) in [6, 6.07) is 18.0. The van der Waals surface area contributed by atoms with Crippen molar-refractivity contribution < 1.29 is 27.9 Å². The third-order valence-electron chi connectivity index (χ3n) is 7.82. The number of halogens is 1. The molecule has 8 nitrogen and oxygen atoms in total. The number of unbranched alkanes of at least 4 members (excludes halogenated alkanes) is 1. The third-order valence-corrected chi connectivity index (χ3v) is 7.82. The summed E-state index contributed by atoms with van der Waals surface area (Å²) in [6.07, 6.45) is 0.836. The Hall–Kier alpha value is -4.81. The van der Waals surface area contributed by atoms with Crippen LogP contribution in [0.2, 0.25) is 0 Å². The lowest BCUT2D eigenvalue weighted by molar-refractivity contribution is -0.232. The van der Waals surface area contributed by atoms with Gasteiger partial charge in [0.25, 0.3) is 11.8 Å². The molecule has 3 aromatic carbocycles. The van der Waals surface area contributed by atoms with Gasteiger partial charge in [0, 0.05) is 19.4 Å². The molecule has 0 aliphatic carbocycles. The molecule has 198 valence electrons. The summed E-state index contributed by atoms with van der Waals surface area (Å²) in [5.74, 6) is -2.12. The molecule has 4 heterocycles. The maximum absolute atomic E-state index is 14.3. The predicted molar refractivity (Wildman–Crippen MR) is 139 cm³/mol. The smallest absolute Gasteiger partial charge is 0.346 e. The maximum Gasteiger partial charge on any atom is 0.346 e. The molecule has 7 rings (SSSR count). The summed E-state index contributed by atoms with van der Waals surface area (Å²) in [5.41, 5.74) is 2.49. The average Bonchev–Trinajstić information content (AvgIpc) is 3.20. The quantitative estimate of drug-likeness (QED) is 0.200. The summed E-state index contributed by atoms with van der Waals surface area (Å²) < 4.78 is 32.7. The number of nitrogens with zero attached hydrogens (tertiary/aromatic N) is 2. The Kier molecular flexibility index (Phi) is 5.37. The van der Waals surface area contributed by atoms with Gasteiger partial charge in [-0.05, 0) is 66.4 Å². The highest BCUT2D eigenvalue weighted by atomic mass is 19.1. The summed E-state index contributed by atoms with van der Waals surface area (Å²) in [4.78, 5) is 39.9. The minimum atomic E-state index is -1.21. The van der Waals surface area contributed by atoms with E-state index < -0.39 is 23.3 Å². The molecule has 3 aliphatic rings. The number of ether oxygens (including phenoxy) is 2. The molecular formula is C31H21FN2O6. The SMILES string of the molecule is N#Cc1ccc2c(c1)C[C@]1(CCCCN3C(=O)c4ccccc4C3=O)Oc3c(c(=O)oc4ccc(F)cc34)[C@@H]2O1. The van der Waals surface area contributed by atoms with E-state index in [9.17, 15) is 24.0 Å². The highest BCUT2D eigenvalue weighted by Gasteiger charge is 2.49. The maximum atomic E-state index is 14.3. The summed E-state index contributed by atoms with van der Waals surface area (Å²) in [5, 5.41) is 9.79. The molecule has 0 saturated carbocycles. The van der Waals surface area contributed by atoms with Crippen molar-refractivity contribution in [2.24, 2.45) is 0 Å². The molecule has 9 heteroatoms. The fourth-order valence-electron chi connectivity index (χ4n) is 5.96. The Morgan fingerprint density at radius 1 is 1.00 bits per heavy atom. The van der Waals surface area contributed by atoms with Crippen LogP contribution >= 0.6 is 0 Å². The monoisotopic (exact) mass is 536 g/mol. The first-order chi connectivity index (χ1) is 19.4. The first kappa shape index (κ1) is 24.2. The second-order valence-corrected chi connectivity index (χ2v) is 10.3. The number of benzene rings is 3. The molecule has 0 spiro atoms. The van der Waals surface area contributed by atoms with Crippen molar-refractivity contribution in [3.05, 3.63) is 110 Å². The normalized spacial score (nSPS) is 20.5. The number of rotatable bonds is 5. The van der Waals surface area contributed by atoms with Crippen LogP contribution in [0.5, 0.6) is 5.75 Å². The zero-order valence-electron chi connectivity index (χ0n) is 21.1. The lowest BCUT2D eigenvalue weighted by Gasteiger charge is -2.46. The molecular weight excluding hydrogens is 515 g/mol. The fourth-order valence-corrected chi connectivity index (χ4v) is 5.96. The molecule has 2 amide bonds. The number of amides is 2. The Morgan fingerprint density at radius 3 is 2.52 bits per heavy atom. The van der Waals surface area contributed by atoms with E-state index in [1.165, 1.54) is 23.1 Å². The molecule has 3 aliphatic heterocycles. The van der Waals surface area contributed by atoms with Gasteiger partial charge >= 0.3 is 5.63 Å². The van der Waals surface area contributed by atoms with Crippen LogP contribution in [0.1, 0.15) is 68.3 Å². The van der Waals surface area contributed by atoms with Crippen LogP contribution in [-0.4, -0.2) is 29.0 Å². The van der Waals surface area contributed by atoms with Crippen molar-refractivity contribution in [3.63, 3.8) is 0 Å². The van der Waals surface area contributed by atoms with E-state index >= 15 is 0 Å². The Labute approximate surface area is 227 Å². The molecule has 0 unspecified atom stereocenters. The largest absolute Gasteiger partial charge is 0.461 e. The van der Waals surface area contributed by atoms with Crippen molar-refractivity contribution in [1.82, 2.24) is 4.90 Å². The van der Waals surface area contributed by atoms with E-state index in [2.05, 4.69) is 6.07 Å². The van der Waals surface area contributed by atoms with Gasteiger partial charge in [-0.1, -0.05) is 18.2 Å². The minimum Gasteiger partial charge on any atom is -0.461 e. The topological polar surface area (TPSA) is 110 Å². The lowest BCUT2D eigenvalue weighted by atomic mass is 9.84. The van der Waals surface area contributed by atoms with Crippen LogP contribution in [0.25, 0.3) is 11.0 Å². The van der Waals surface area contributed by atoms with Crippen LogP contribution in [-0.2, 0) is 11.2 Å². The Balaban J connectivity index is 1.21. The first-order valence-corrected chi connectivity index (χ1v) is 13.0. The van der Waals surface area contributed by atoms with E-state index in [0.29, 0.717) is 46.9 Å². The zero-order valence-corrected chi connectivity index (χ0v) is 21.1. The van der Waals surface area contributed by atoms with Crippen LogP contribution in [0, 0.1) is 17.1 Å². The van der Waals surface area contributed by atoms with E-state index in [4.69, 9.17) is 13.9 Å². The highest BCUT2D eigenvalue weighted by Crippen LogP contribution is 2.50. The van der Waals surface area contributed by atoms with Gasteiger partial charge in [0.1, 0.15) is 28.8 Å². The molecule has 0 N–H and O–H groups in total. The first-order valence-electron chi connectivity index (χ1n) is 13.0. The molecule has 4 aromatic rings. The van der Waals surface area contributed by atoms with Crippen molar-refractivity contribution >= 4 is 22.8 Å². The number of nitriles is 1. The third kappa shape index (κ3) is 3.64. The molecule has 1 aromatic heterocycles. The molecule has 0 fully saturated rings. The molecule has 0 radical (unpaired) electrons. The van der Waals surface area contributed by atoms with Crippen LogP contribution in [0.4, 0.5) is 4.39 Å². The Morgan fingerprint density at radius 2 is 1.77 bits per heavy atom. The van der Waals surface area contributed by atoms with Crippen molar-refractivity contribution in [2.45, 2.75) is 37.6 Å². The molecule has 40 heavy (non-hydrogen) atoms. The van der Waals surface area contributed by atoms with Gasteiger partial charge in [0.05, 0.1) is 28.1 Å². The Bertz CT molecular complexity index is 1820. The summed E-state index contributed by atoms with van der Waals surface area (Å²) in [7, 11) is 0. The summed E-state index contributed by atoms with van der Waals surface area (Å²) >= 11 is 0. The van der Waals surface area contributed by atoms with E-state index in [1.807, 2.05) is 0 Å². The van der Waals surface area contributed by atoms with Gasteiger partial charge < -0.3 is 13.9 Å². The molecule has 2 atom stereocenters. The van der Waals surface area contributed by atoms with Gasteiger partial charge in [-0.15, -0.1) is 0 Å². The zero-order chi connectivity index (χ0) is 27.6. The average molecular weight is 537 g/mol. The van der Waals surface area contributed by atoms with Gasteiger partial charge in [0.2, 0.25) is 5.79 Å². The predicted octanol–water partition coefficient (Wildman–Crippen LogP) is 5.02. The number of hydrogen-bond acceptors (Lipinski definition) is 7. The number of carbonyl (C=O) groups is 2. The fraction of sp³-hybridized carbons (Fsp3) is 0.226. The lowest BCUT2D eigenvalue weighted by Crippen LogP contribution is -2.50. The van der Waals surface area contributed by atoms with Gasteiger partial charge in [-0.25, -0.2) is 9.18 Å². The van der Waals surface area contributed by atoms with Crippen molar-refractivity contribution in [1.29, 1.82) is 5.26 Å². The van der Waals surface area contributed by atoms with Gasteiger partial charge in [-0.3, -0.25) is 14.5 Å². The van der Waals surface area contributed by atoms with Crippen LogP contribution in [0.15, 0.2) is 69.9 Å². The molecule has 2 bridgehead atoms. The van der Waals surface area contributed by atoms with Crippen molar-refractivity contribution in [2.75, 3.05) is 6.54 Å². The standard InChI is InChI=1S/C31H21FN2O6/c32-19-8-10-24-23(14-19)27-25(30(37)38-24)26-20-9-7-17(16-33)13-18(20)15-31(39-26,40-27)11-3-4-12-34-28(35)21-5-1-2-6-22(21)29(34)36/h1-2,5-10,13-14,26H,3-4,11-12,15H2/t26-,31+/m1/s1. The number of fused-ring (bicyclic) bond motifs is 9. The highest BCUT2D eigenvalue weighted by molar-refractivity contribution is 6.21. The van der Waals surface area contributed by atoms with Crippen LogP contribution in [0.3, 0.4) is 0 Å². The van der Waals surface area contributed by atoms with E-state index in [-0.39, 0.29) is 41.7 Å². The van der Waals surface area contributed by atoms with Gasteiger partial charge in [-0.2, -0.15) is 5.26 Å². The second kappa shape index (κ2) is 8.86. The van der Waals surface area contributed by atoms with E-state index in [1.54, 1.807) is 42.5 Å². The number of imide groups is 1. The van der Waals surface area contributed by atoms with E-state index in [0.717, 1.165) is 5.56 Å². The minimum absolute atomic E-state index is 0.144. The second-order valence-electron chi connectivity index (χ2n) is 10.3. The molecule has 0 saturated heterocycles. The number of hydrogen-bond donors (Lipinski definition) is 0. The number of carbonyl (C=O) groups excluding carboxylic acids is 2. The van der Waals surface area contributed by atoms with Gasteiger partial charge in [0.15, 0.2) is 0 Å². The van der Waals surface area contributed by atoms with Crippen LogP contribution < -0.4 is 10.4 Å².